The molecule has 2 aromatic rings. The van der Waals surface area contributed by atoms with Crippen molar-refractivity contribution in [3.05, 3.63) is 47.5 Å². The number of rotatable bonds is 2. The molecule has 100 valence electrons. The highest BCUT2D eigenvalue weighted by molar-refractivity contribution is 9.09. The van der Waals surface area contributed by atoms with E-state index in [0.717, 1.165) is 11.8 Å². The van der Waals surface area contributed by atoms with Crippen molar-refractivity contribution in [2.45, 2.75) is 37.9 Å². The van der Waals surface area contributed by atoms with E-state index in [1.54, 1.807) is 0 Å². The van der Waals surface area contributed by atoms with Crippen molar-refractivity contribution in [3.63, 3.8) is 0 Å². The highest BCUT2D eigenvalue weighted by atomic mass is 79.9. The van der Waals surface area contributed by atoms with Gasteiger partial charge >= 0.3 is 0 Å². The molecule has 0 saturated heterocycles. The molecule has 1 fully saturated rings. The predicted octanol–water partition coefficient (Wildman–Crippen LogP) is 6.02. The van der Waals surface area contributed by atoms with Crippen LogP contribution in [0, 0.1) is 18.8 Å². The Kier molecular flexibility index (Phi) is 3.66. The minimum Gasteiger partial charge on any atom is -0.0835 e. The van der Waals surface area contributed by atoms with E-state index in [9.17, 15) is 0 Å². The summed E-state index contributed by atoms with van der Waals surface area (Å²) < 4.78 is 0. The number of aryl methyl sites for hydroxylation is 1. The molecule has 19 heavy (non-hydrogen) atoms. The molecule has 0 radical (unpaired) electrons. The number of benzene rings is 2. The molecule has 0 aromatic heterocycles. The molecule has 3 rings (SSSR count). The zero-order chi connectivity index (χ0) is 13.4. The summed E-state index contributed by atoms with van der Waals surface area (Å²) in [5.41, 5.74) is 2.93. The summed E-state index contributed by atoms with van der Waals surface area (Å²) >= 11 is 4.03. The van der Waals surface area contributed by atoms with Crippen LogP contribution < -0.4 is 0 Å². The van der Waals surface area contributed by atoms with Crippen molar-refractivity contribution in [2.75, 3.05) is 0 Å². The van der Waals surface area contributed by atoms with Crippen molar-refractivity contribution in [1.29, 1.82) is 0 Å². The maximum Gasteiger partial charge on any atom is 0.0434 e. The quantitative estimate of drug-likeness (QED) is 0.594. The summed E-state index contributed by atoms with van der Waals surface area (Å²) in [6, 6.07) is 13.3. The van der Waals surface area contributed by atoms with E-state index in [1.165, 1.54) is 41.2 Å². The molecular formula is C18H21Br. The van der Waals surface area contributed by atoms with Gasteiger partial charge < -0.3 is 0 Å². The summed E-state index contributed by atoms with van der Waals surface area (Å²) in [5.74, 6) is 1.62. The van der Waals surface area contributed by atoms with Gasteiger partial charge in [-0.2, -0.15) is 0 Å². The van der Waals surface area contributed by atoms with Crippen LogP contribution in [0.25, 0.3) is 10.8 Å². The maximum absolute atomic E-state index is 4.03. The molecule has 1 heteroatoms. The lowest BCUT2D eigenvalue weighted by Gasteiger charge is -2.25. The third kappa shape index (κ3) is 2.33. The van der Waals surface area contributed by atoms with E-state index in [4.69, 9.17) is 0 Å². The molecule has 2 aromatic carbocycles. The summed E-state index contributed by atoms with van der Waals surface area (Å²) in [7, 11) is 0. The van der Waals surface area contributed by atoms with Crippen molar-refractivity contribution >= 4 is 26.7 Å². The third-order valence-electron chi connectivity index (χ3n) is 4.77. The van der Waals surface area contributed by atoms with E-state index >= 15 is 0 Å². The average Bonchev–Trinajstić information content (AvgIpc) is 2.84. The van der Waals surface area contributed by atoms with E-state index < -0.39 is 0 Å². The molecule has 0 bridgehead atoms. The summed E-state index contributed by atoms with van der Waals surface area (Å²) in [5, 5.41) is 2.78. The lowest BCUT2D eigenvalue weighted by Crippen LogP contribution is -2.12. The number of hydrogen-bond acceptors (Lipinski definition) is 0. The van der Waals surface area contributed by atoms with Gasteiger partial charge in [0.05, 0.1) is 0 Å². The molecular weight excluding hydrogens is 296 g/mol. The molecule has 0 nitrogen and oxygen atoms in total. The highest BCUT2D eigenvalue weighted by Crippen LogP contribution is 2.47. The molecule has 1 aliphatic rings. The zero-order valence-corrected chi connectivity index (χ0v) is 13.3. The van der Waals surface area contributed by atoms with E-state index in [-0.39, 0.29) is 0 Å². The van der Waals surface area contributed by atoms with Crippen molar-refractivity contribution in [2.24, 2.45) is 11.8 Å². The second-order valence-electron chi connectivity index (χ2n) is 5.99. The van der Waals surface area contributed by atoms with Gasteiger partial charge in [-0.25, -0.2) is 0 Å². The summed E-state index contributed by atoms with van der Waals surface area (Å²) in [6.45, 7) is 4.65. The number of alkyl halides is 1. The van der Waals surface area contributed by atoms with Gasteiger partial charge in [0.1, 0.15) is 0 Å². The second-order valence-corrected chi connectivity index (χ2v) is 6.98. The van der Waals surface area contributed by atoms with Gasteiger partial charge in [0.2, 0.25) is 0 Å². The first-order valence-corrected chi connectivity index (χ1v) is 8.22. The Labute approximate surface area is 124 Å². The van der Waals surface area contributed by atoms with Gasteiger partial charge in [-0.1, -0.05) is 72.1 Å². The first-order valence-electron chi connectivity index (χ1n) is 7.31. The van der Waals surface area contributed by atoms with Crippen LogP contribution >= 0.6 is 15.9 Å². The molecule has 3 atom stereocenters. The van der Waals surface area contributed by atoms with Crippen LogP contribution in [0.2, 0.25) is 0 Å². The van der Waals surface area contributed by atoms with Crippen molar-refractivity contribution < 1.29 is 0 Å². The van der Waals surface area contributed by atoms with Crippen LogP contribution in [0.4, 0.5) is 0 Å². The normalized spacial score (nSPS) is 24.8. The van der Waals surface area contributed by atoms with Gasteiger partial charge in [-0.15, -0.1) is 0 Å². The zero-order valence-electron chi connectivity index (χ0n) is 11.7. The fraction of sp³-hybridized carbons (Fsp3) is 0.444. The fourth-order valence-electron chi connectivity index (χ4n) is 3.59. The molecule has 0 heterocycles. The Hall–Kier alpha value is -0.820. The Morgan fingerprint density at radius 2 is 1.89 bits per heavy atom. The van der Waals surface area contributed by atoms with E-state index in [1.807, 2.05) is 0 Å². The number of fused-ring (bicyclic) bond motifs is 1. The SMILES string of the molecule is Cc1ccc2ccccc2c1C(Br)C1CCCC1C. The standard InChI is InChI=1S/C18H21Br/c1-12-6-5-9-15(12)18(19)17-13(2)10-11-14-7-3-4-8-16(14)17/h3-4,7-8,10-12,15,18H,5-6,9H2,1-2H3. The first kappa shape index (κ1) is 13.2. The number of halogens is 1. The lowest BCUT2D eigenvalue weighted by molar-refractivity contribution is 0.414. The molecule has 1 saturated carbocycles. The topological polar surface area (TPSA) is 0 Å². The van der Waals surface area contributed by atoms with Crippen molar-refractivity contribution in [3.8, 4) is 0 Å². The van der Waals surface area contributed by atoms with E-state index in [2.05, 4.69) is 66.2 Å². The third-order valence-corrected chi connectivity index (χ3v) is 5.91. The molecule has 0 N–H and O–H groups in total. The van der Waals surface area contributed by atoms with Crippen molar-refractivity contribution in [1.82, 2.24) is 0 Å². The summed E-state index contributed by atoms with van der Waals surface area (Å²) in [4.78, 5) is 0.496. The van der Waals surface area contributed by atoms with Crippen LogP contribution in [0.3, 0.4) is 0 Å². The second kappa shape index (κ2) is 5.28. The first-order chi connectivity index (χ1) is 9.18. The smallest absolute Gasteiger partial charge is 0.0434 e. The van der Waals surface area contributed by atoms with Crippen LogP contribution in [-0.4, -0.2) is 0 Å². The predicted molar refractivity (Wildman–Crippen MR) is 86.9 cm³/mol. The van der Waals surface area contributed by atoms with Gasteiger partial charge in [0, 0.05) is 4.83 Å². The highest BCUT2D eigenvalue weighted by Gasteiger charge is 2.31. The Morgan fingerprint density at radius 1 is 1.11 bits per heavy atom. The van der Waals surface area contributed by atoms with Crippen LogP contribution in [0.5, 0.6) is 0 Å². The van der Waals surface area contributed by atoms with Gasteiger partial charge in [0.15, 0.2) is 0 Å². The Balaban J connectivity index is 2.10. The molecule has 3 unspecified atom stereocenters. The van der Waals surface area contributed by atoms with Crippen LogP contribution in [0.15, 0.2) is 36.4 Å². The monoisotopic (exact) mass is 316 g/mol. The number of hydrogen-bond donors (Lipinski definition) is 0. The van der Waals surface area contributed by atoms with Gasteiger partial charge in [-0.3, -0.25) is 0 Å². The van der Waals surface area contributed by atoms with Gasteiger partial charge in [-0.05, 0) is 47.1 Å². The minimum absolute atomic E-state index is 0.496. The molecule has 0 spiro atoms. The van der Waals surface area contributed by atoms with Gasteiger partial charge in [0.25, 0.3) is 0 Å². The minimum atomic E-state index is 0.496. The fourth-order valence-corrected chi connectivity index (χ4v) is 4.99. The summed E-state index contributed by atoms with van der Waals surface area (Å²) in [6.07, 6.45) is 4.13. The average molecular weight is 317 g/mol. The van der Waals surface area contributed by atoms with E-state index in [0.29, 0.717) is 4.83 Å². The molecule has 0 aliphatic heterocycles. The lowest BCUT2D eigenvalue weighted by atomic mass is 9.86. The van der Waals surface area contributed by atoms with Crippen LogP contribution in [-0.2, 0) is 0 Å². The largest absolute Gasteiger partial charge is 0.0835 e. The Morgan fingerprint density at radius 3 is 2.63 bits per heavy atom. The van der Waals surface area contributed by atoms with Crippen LogP contribution in [0.1, 0.15) is 42.1 Å². The molecule has 1 aliphatic carbocycles. The molecule has 0 amide bonds. The Bertz CT molecular complexity index is 587. The maximum atomic E-state index is 4.03.